The fourth-order valence-electron chi connectivity index (χ4n) is 3.89. The van der Waals surface area contributed by atoms with Crippen molar-refractivity contribution in [2.45, 2.75) is 64.0 Å². The van der Waals surface area contributed by atoms with E-state index < -0.39 is 6.10 Å². The van der Waals surface area contributed by atoms with Crippen molar-refractivity contribution in [3.05, 3.63) is 30.1 Å². The van der Waals surface area contributed by atoms with Crippen LogP contribution in [-0.2, 0) is 4.79 Å². The highest BCUT2D eigenvalue weighted by atomic mass is 19.1. The van der Waals surface area contributed by atoms with Crippen molar-refractivity contribution >= 4 is 5.91 Å². The van der Waals surface area contributed by atoms with E-state index >= 15 is 0 Å². The van der Waals surface area contributed by atoms with E-state index in [4.69, 9.17) is 4.74 Å². The molecule has 2 fully saturated rings. The highest BCUT2D eigenvalue weighted by Crippen LogP contribution is 2.46. The van der Waals surface area contributed by atoms with Gasteiger partial charge in [-0.3, -0.25) is 4.79 Å². The number of halogens is 1. The van der Waals surface area contributed by atoms with Gasteiger partial charge in [0, 0.05) is 6.54 Å². The van der Waals surface area contributed by atoms with Gasteiger partial charge < -0.3 is 9.64 Å². The predicted molar refractivity (Wildman–Crippen MR) is 87.8 cm³/mol. The Balaban J connectivity index is 1.75. The van der Waals surface area contributed by atoms with E-state index in [1.165, 1.54) is 18.6 Å². The quantitative estimate of drug-likeness (QED) is 0.763. The SMILES string of the molecule is CC(C)CCN1C(=O)C(Oc2ccc(F)cc2)C12CCCCC2. The highest BCUT2D eigenvalue weighted by Gasteiger charge is 2.61. The lowest BCUT2D eigenvalue weighted by Crippen LogP contribution is -2.76. The lowest BCUT2D eigenvalue weighted by molar-refractivity contribution is -0.186. The third kappa shape index (κ3) is 3.08. The molecule has 1 amide bonds. The van der Waals surface area contributed by atoms with Crippen LogP contribution >= 0.6 is 0 Å². The molecule has 0 N–H and O–H groups in total. The fraction of sp³-hybridized carbons (Fsp3) is 0.632. The van der Waals surface area contributed by atoms with E-state index in [1.807, 2.05) is 0 Å². The van der Waals surface area contributed by atoms with Crippen molar-refractivity contribution in [1.82, 2.24) is 4.90 Å². The summed E-state index contributed by atoms with van der Waals surface area (Å²) < 4.78 is 19.0. The minimum absolute atomic E-state index is 0.0943. The largest absolute Gasteiger partial charge is 0.478 e. The molecule has 1 saturated carbocycles. The van der Waals surface area contributed by atoms with Gasteiger partial charge in [-0.05, 0) is 49.4 Å². The second-order valence-electron chi connectivity index (χ2n) is 7.29. The Bertz CT molecular complexity index is 549. The molecular weight excluding hydrogens is 293 g/mol. The Morgan fingerprint density at radius 3 is 2.48 bits per heavy atom. The monoisotopic (exact) mass is 319 g/mol. The average Bonchev–Trinajstić information content (AvgIpc) is 2.55. The van der Waals surface area contributed by atoms with Gasteiger partial charge in [0.05, 0.1) is 5.54 Å². The topological polar surface area (TPSA) is 29.5 Å². The molecular formula is C19H26FNO2. The van der Waals surface area contributed by atoms with Crippen LogP contribution in [0.1, 0.15) is 52.4 Å². The maximum absolute atomic E-state index is 13.1. The first-order valence-electron chi connectivity index (χ1n) is 8.77. The van der Waals surface area contributed by atoms with Gasteiger partial charge in [-0.15, -0.1) is 0 Å². The number of nitrogens with zero attached hydrogens (tertiary/aromatic N) is 1. The molecule has 2 aliphatic rings. The van der Waals surface area contributed by atoms with Crippen LogP contribution in [0.3, 0.4) is 0 Å². The number of rotatable bonds is 5. The molecule has 0 aromatic heterocycles. The Morgan fingerprint density at radius 2 is 1.87 bits per heavy atom. The van der Waals surface area contributed by atoms with E-state index in [0.717, 1.165) is 38.6 Å². The Morgan fingerprint density at radius 1 is 1.22 bits per heavy atom. The summed E-state index contributed by atoms with van der Waals surface area (Å²) in [7, 11) is 0. The summed E-state index contributed by atoms with van der Waals surface area (Å²) >= 11 is 0. The molecule has 1 saturated heterocycles. The van der Waals surface area contributed by atoms with Gasteiger partial charge in [0.2, 0.25) is 0 Å². The van der Waals surface area contributed by atoms with Crippen LogP contribution in [-0.4, -0.2) is 29.0 Å². The second kappa shape index (κ2) is 6.50. The third-order valence-corrected chi connectivity index (χ3v) is 5.23. The van der Waals surface area contributed by atoms with Gasteiger partial charge in [0.1, 0.15) is 11.6 Å². The molecule has 0 radical (unpaired) electrons. The summed E-state index contributed by atoms with van der Waals surface area (Å²) in [5.74, 6) is 0.971. The Kier molecular flexibility index (Phi) is 4.60. The van der Waals surface area contributed by atoms with Crippen LogP contribution in [0.4, 0.5) is 4.39 Å². The number of benzene rings is 1. The standard InChI is InChI=1S/C19H26FNO2/c1-14(2)10-13-21-18(22)17(19(21)11-4-3-5-12-19)23-16-8-6-15(20)7-9-16/h6-9,14,17H,3-5,10-13H2,1-2H3. The number of β-lactam (4-membered cyclic amide) rings is 1. The molecule has 23 heavy (non-hydrogen) atoms. The second-order valence-corrected chi connectivity index (χ2v) is 7.29. The molecule has 1 aromatic carbocycles. The van der Waals surface area contributed by atoms with E-state index in [1.54, 1.807) is 12.1 Å². The average molecular weight is 319 g/mol. The molecule has 126 valence electrons. The minimum Gasteiger partial charge on any atom is -0.478 e. The highest BCUT2D eigenvalue weighted by molar-refractivity contribution is 5.90. The van der Waals surface area contributed by atoms with Crippen LogP contribution in [0.5, 0.6) is 5.75 Å². The number of ether oxygens (including phenoxy) is 1. The van der Waals surface area contributed by atoms with Crippen molar-refractivity contribution in [3.8, 4) is 5.75 Å². The summed E-state index contributed by atoms with van der Waals surface area (Å²) in [6.07, 6.45) is 6.18. The first kappa shape index (κ1) is 16.3. The molecule has 1 aromatic rings. The number of amides is 1. The van der Waals surface area contributed by atoms with Crippen molar-refractivity contribution < 1.29 is 13.9 Å². The van der Waals surface area contributed by atoms with Crippen LogP contribution < -0.4 is 4.74 Å². The first-order chi connectivity index (χ1) is 11.0. The van der Waals surface area contributed by atoms with E-state index in [0.29, 0.717) is 11.7 Å². The van der Waals surface area contributed by atoms with Crippen LogP contribution in [0.15, 0.2) is 24.3 Å². The molecule has 1 spiro atoms. The van der Waals surface area contributed by atoms with Crippen molar-refractivity contribution in [2.75, 3.05) is 6.54 Å². The predicted octanol–water partition coefficient (Wildman–Crippen LogP) is 4.16. The fourth-order valence-corrected chi connectivity index (χ4v) is 3.89. The molecule has 1 aliphatic carbocycles. The molecule has 1 atom stereocenters. The number of carbonyl (C=O) groups excluding carboxylic acids is 1. The lowest BCUT2D eigenvalue weighted by atomic mass is 9.69. The maximum atomic E-state index is 13.1. The van der Waals surface area contributed by atoms with Crippen molar-refractivity contribution in [3.63, 3.8) is 0 Å². The summed E-state index contributed by atoms with van der Waals surface area (Å²) in [6, 6.07) is 5.97. The summed E-state index contributed by atoms with van der Waals surface area (Å²) in [6.45, 7) is 5.19. The molecule has 4 heteroatoms. The number of likely N-dealkylation sites (tertiary alicyclic amines) is 1. The smallest absolute Gasteiger partial charge is 0.266 e. The molecule has 1 unspecified atom stereocenters. The third-order valence-electron chi connectivity index (χ3n) is 5.23. The zero-order valence-corrected chi connectivity index (χ0v) is 14.1. The van der Waals surface area contributed by atoms with Gasteiger partial charge in [0.15, 0.2) is 6.10 Å². The molecule has 1 heterocycles. The minimum atomic E-state index is -0.402. The molecule has 1 aliphatic heterocycles. The summed E-state index contributed by atoms with van der Waals surface area (Å²) in [5.41, 5.74) is -0.140. The lowest BCUT2D eigenvalue weighted by Gasteiger charge is -2.58. The van der Waals surface area contributed by atoms with Crippen LogP contribution in [0.25, 0.3) is 0 Å². The van der Waals surface area contributed by atoms with Crippen molar-refractivity contribution in [2.24, 2.45) is 5.92 Å². The molecule has 0 bridgehead atoms. The molecule has 3 nitrogen and oxygen atoms in total. The molecule has 3 rings (SSSR count). The zero-order chi connectivity index (χ0) is 16.4. The van der Waals surface area contributed by atoms with Gasteiger partial charge in [0.25, 0.3) is 5.91 Å². The van der Waals surface area contributed by atoms with Gasteiger partial charge in [-0.25, -0.2) is 4.39 Å². The summed E-state index contributed by atoms with van der Waals surface area (Å²) in [5, 5.41) is 0. The van der Waals surface area contributed by atoms with Crippen molar-refractivity contribution in [1.29, 1.82) is 0 Å². The Labute approximate surface area is 137 Å². The van der Waals surface area contributed by atoms with E-state index in [9.17, 15) is 9.18 Å². The maximum Gasteiger partial charge on any atom is 0.266 e. The van der Waals surface area contributed by atoms with Crippen LogP contribution in [0.2, 0.25) is 0 Å². The van der Waals surface area contributed by atoms with Gasteiger partial charge in [-0.1, -0.05) is 33.1 Å². The number of carbonyl (C=O) groups is 1. The summed E-state index contributed by atoms with van der Waals surface area (Å²) in [4.78, 5) is 14.7. The van der Waals surface area contributed by atoms with E-state index in [-0.39, 0.29) is 17.3 Å². The van der Waals surface area contributed by atoms with Gasteiger partial charge in [-0.2, -0.15) is 0 Å². The Hall–Kier alpha value is -1.58. The van der Waals surface area contributed by atoms with Crippen LogP contribution in [0, 0.1) is 11.7 Å². The first-order valence-corrected chi connectivity index (χ1v) is 8.77. The van der Waals surface area contributed by atoms with Gasteiger partial charge >= 0.3 is 0 Å². The number of hydrogen-bond acceptors (Lipinski definition) is 2. The zero-order valence-electron chi connectivity index (χ0n) is 14.1. The van der Waals surface area contributed by atoms with E-state index in [2.05, 4.69) is 18.7 Å². The normalized spacial score (nSPS) is 23.2. The number of hydrogen-bond donors (Lipinski definition) is 0.